The Morgan fingerprint density at radius 1 is 1.56 bits per heavy atom. The lowest BCUT2D eigenvalue weighted by atomic mass is 10.2. The first-order valence-corrected chi connectivity index (χ1v) is 6.78. The molecule has 1 amide bonds. The van der Waals surface area contributed by atoms with E-state index in [0.717, 1.165) is 19.5 Å². The molecule has 0 aromatic heterocycles. The highest BCUT2D eigenvalue weighted by molar-refractivity contribution is 5.76. The third kappa shape index (κ3) is 5.52. The predicted molar refractivity (Wildman–Crippen MR) is 72.2 cm³/mol. The third-order valence-electron chi connectivity index (χ3n) is 3.07. The zero-order chi connectivity index (χ0) is 13.2. The van der Waals surface area contributed by atoms with Crippen molar-refractivity contribution in [3.05, 3.63) is 0 Å². The topological polar surface area (TPSA) is 41.6 Å². The highest BCUT2D eigenvalue weighted by Crippen LogP contribution is 2.16. The highest BCUT2D eigenvalue weighted by Gasteiger charge is 2.22. The van der Waals surface area contributed by atoms with Crippen LogP contribution in [-0.2, 0) is 9.53 Å². The number of ether oxygens (including phenoxy) is 1. The molecule has 1 saturated heterocycles. The molecule has 1 aliphatic rings. The summed E-state index contributed by atoms with van der Waals surface area (Å²) in [6, 6.07) is 0.353. The first kappa shape index (κ1) is 15.0. The Labute approximate surface area is 110 Å². The van der Waals surface area contributed by atoms with E-state index in [-0.39, 0.29) is 5.91 Å². The summed E-state index contributed by atoms with van der Waals surface area (Å²) in [4.78, 5) is 13.9. The Kier molecular flexibility index (Phi) is 7.47. The van der Waals surface area contributed by atoms with Gasteiger partial charge in [-0.3, -0.25) is 9.69 Å². The van der Waals surface area contributed by atoms with Gasteiger partial charge in [0, 0.05) is 26.1 Å². The van der Waals surface area contributed by atoms with E-state index >= 15 is 0 Å². The summed E-state index contributed by atoms with van der Waals surface area (Å²) in [5.41, 5.74) is 0. The lowest BCUT2D eigenvalue weighted by molar-refractivity contribution is -0.121. The Bertz CT molecular complexity index is 307. The fourth-order valence-electron chi connectivity index (χ4n) is 2.16. The summed E-state index contributed by atoms with van der Waals surface area (Å²) in [5, 5.41) is 2.86. The Morgan fingerprint density at radius 2 is 2.39 bits per heavy atom. The number of likely N-dealkylation sites (tertiary alicyclic amines) is 1. The van der Waals surface area contributed by atoms with Gasteiger partial charge in [0.2, 0.25) is 5.91 Å². The van der Waals surface area contributed by atoms with Crippen molar-refractivity contribution >= 4 is 5.91 Å². The monoisotopic (exact) mass is 252 g/mol. The van der Waals surface area contributed by atoms with Gasteiger partial charge < -0.3 is 10.1 Å². The molecule has 1 aliphatic heterocycles. The van der Waals surface area contributed by atoms with Crippen LogP contribution in [0, 0.1) is 11.8 Å². The minimum atomic E-state index is 0.102. The van der Waals surface area contributed by atoms with Crippen molar-refractivity contribution in [2.75, 3.05) is 32.8 Å². The molecule has 4 nitrogen and oxygen atoms in total. The summed E-state index contributed by atoms with van der Waals surface area (Å²) >= 11 is 0. The Balaban J connectivity index is 2.15. The molecule has 1 atom stereocenters. The number of rotatable bonds is 7. The SMILES string of the molecule is CC#C[C@@H]1CCCN1CCC(=O)NCCOCC. The third-order valence-corrected chi connectivity index (χ3v) is 3.07. The van der Waals surface area contributed by atoms with Gasteiger partial charge in [0.05, 0.1) is 12.6 Å². The average molecular weight is 252 g/mol. The molecule has 0 aromatic carbocycles. The van der Waals surface area contributed by atoms with E-state index in [9.17, 15) is 4.79 Å². The van der Waals surface area contributed by atoms with Crippen LogP contribution in [0.5, 0.6) is 0 Å². The lowest BCUT2D eigenvalue weighted by Crippen LogP contribution is -2.34. The summed E-state index contributed by atoms with van der Waals surface area (Å²) in [6.07, 6.45) is 2.87. The van der Waals surface area contributed by atoms with Crippen LogP contribution in [0.25, 0.3) is 0 Å². The van der Waals surface area contributed by atoms with Crippen LogP contribution in [-0.4, -0.2) is 49.7 Å². The molecular formula is C14H24N2O2. The van der Waals surface area contributed by atoms with Gasteiger partial charge in [0.25, 0.3) is 0 Å². The fourth-order valence-corrected chi connectivity index (χ4v) is 2.16. The maximum atomic E-state index is 11.6. The van der Waals surface area contributed by atoms with E-state index < -0.39 is 0 Å². The van der Waals surface area contributed by atoms with Crippen molar-refractivity contribution in [2.24, 2.45) is 0 Å². The van der Waals surface area contributed by atoms with Crippen LogP contribution in [0.3, 0.4) is 0 Å². The zero-order valence-corrected chi connectivity index (χ0v) is 11.5. The van der Waals surface area contributed by atoms with Crippen molar-refractivity contribution in [1.82, 2.24) is 10.2 Å². The van der Waals surface area contributed by atoms with Crippen LogP contribution in [0.2, 0.25) is 0 Å². The van der Waals surface area contributed by atoms with Gasteiger partial charge in [0.1, 0.15) is 0 Å². The first-order chi connectivity index (χ1) is 8.77. The van der Waals surface area contributed by atoms with Gasteiger partial charge in [-0.1, -0.05) is 5.92 Å². The van der Waals surface area contributed by atoms with Crippen LogP contribution in [0.4, 0.5) is 0 Å². The summed E-state index contributed by atoms with van der Waals surface area (Å²) < 4.78 is 5.17. The van der Waals surface area contributed by atoms with Gasteiger partial charge in [-0.2, -0.15) is 0 Å². The molecule has 1 N–H and O–H groups in total. The van der Waals surface area contributed by atoms with E-state index in [2.05, 4.69) is 22.1 Å². The van der Waals surface area contributed by atoms with E-state index in [1.807, 2.05) is 13.8 Å². The average Bonchev–Trinajstić information content (AvgIpc) is 2.80. The second kappa shape index (κ2) is 8.96. The molecule has 0 radical (unpaired) electrons. The van der Waals surface area contributed by atoms with Crippen LogP contribution < -0.4 is 5.32 Å². The van der Waals surface area contributed by atoms with Crippen molar-refractivity contribution in [1.29, 1.82) is 0 Å². The number of nitrogens with zero attached hydrogens (tertiary/aromatic N) is 1. The lowest BCUT2D eigenvalue weighted by Gasteiger charge is -2.19. The molecular weight excluding hydrogens is 228 g/mol. The van der Waals surface area contributed by atoms with Crippen molar-refractivity contribution in [2.45, 2.75) is 39.2 Å². The van der Waals surface area contributed by atoms with Gasteiger partial charge in [-0.15, -0.1) is 5.92 Å². The minimum Gasteiger partial charge on any atom is -0.380 e. The standard InChI is InChI=1S/C14H24N2O2/c1-3-6-13-7-5-10-16(13)11-8-14(17)15-9-12-18-4-2/h13H,4-5,7-12H2,1-2H3,(H,15,17)/t13-/m1/s1. The summed E-state index contributed by atoms with van der Waals surface area (Å²) in [5.74, 6) is 6.27. The van der Waals surface area contributed by atoms with Crippen molar-refractivity contribution < 1.29 is 9.53 Å². The number of carbonyl (C=O) groups is 1. The molecule has 1 rings (SSSR count). The second-order valence-electron chi connectivity index (χ2n) is 4.39. The summed E-state index contributed by atoms with van der Waals surface area (Å²) in [6.45, 7) is 7.58. The van der Waals surface area contributed by atoms with Gasteiger partial charge >= 0.3 is 0 Å². The molecule has 0 spiro atoms. The van der Waals surface area contributed by atoms with Gasteiger partial charge in [-0.05, 0) is 33.2 Å². The predicted octanol–water partition coefficient (Wildman–Crippen LogP) is 1.02. The molecule has 18 heavy (non-hydrogen) atoms. The van der Waals surface area contributed by atoms with Crippen LogP contribution >= 0.6 is 0 Å². The van der Waals surface area contributed by atoms with Crippen LogP contribution in [0.15, 0.2) is 0 Å². The number of carbonyl (C=O) groups excluding carboxylic acids is 1. The molecule has 0 aromatic rings. The van der Waals surface area contributed by atoms with E-state index in [4.69, 9.17) is 4.74 Å². The Morgan fingerprint density at radius 3 is 3.11 bits per heavy atom. The van der Waals surface area contributed by atoms with Crippen LogP contribution in [0.1, 0.15) is 33.1 Å². The minimum absolute atomic E-state index is 0.102. The quantitative estimate of drug-likeness (QED) is 0.543. The zero-order valence-electron chi connectivity index (χ0n) is 11.5. The molecule has 0 saturated carbocycles. The molecule has 4 heteroatoms. The molecule has 1 fully saturated rings. The maximum Gasteiger partial charge on any atom is 0.221 e. The van der Waals surface area contributed by atoms with E-state index in [1.165, 1.54) is 6.42 Å². The van der Waals surface area contributed by atoms with Gasteiger partial charge in [-0.25, -0.2) is 0 Å². The first-order valence-electron chi connectivity index (χ1n) is 6.78. The number of nitrogens with one attached hydrogen (secondary N) is 1. The molecule has 0 bridgehead atoms. The van der Waals surface area contributed by atoms with Gasteiger partial charge in [0.15, 0.2) is 0 Å². The summed E-state index contributed by atoms with van der Waals surface area (Å²) in [7, 11) is 0. The maximum absolute atomic E-state index is 11.6. The molecule has 0 aliphatic carbocycles. The fraction of sp³-hybridized carbons (Fsp3) is 0.786. The number of amides is 1. The smallest absolute Gasteiger partial charge is 0.221 e. The van der Waals surface area contributed by atoms with E-state index in [1.54, 1.807) is 0 Å². The molecule has 102 valence electrons. The van der Waals surface area contributed by atoms with Crippen molar-refractivity contribution in [3.63, 3.8) is 0 Å². The highest BCUT2D eigenvalue weighted by atomic mass is 16.5. The molecule has 0 unspecified atom stereocenters. The van der Waals surface area contributed by atoms with Crippen molar-refractivity contribution in [3.8, 4) is 11.8 Å². The van der Waals surface area contributed by atoms with E-state index in [0.29, 0.717) is 32.2 Å². The number of hydrogen-bond donors (Lipinski definition) is 1. The number of hydrogen-bond acceptors (Lipinski definition) is 3. The second-order valence-corrected chi connectivity index (χ2v) is 4.39. The largest absolute Gasteiger partial charge is 0.380 e. The Hall–Kier alpha value is -1.05. The molecule has 1 heterocycles. The normalized spacial score (nSPS) is 19.3.